The smallest absolute Gasteiger partial charge is 0.323 e. The summed E-state index contributed by atoms with van der Waals surface area (Å²) in [6, 6.07) is -0.00447. The summed E-state index contributed by atoms with van der Waals surface area (Å²) in [5, 5.41) is 0. The maximum absolute atomic E-state index is 11.9. The molecule has 4 heteroatoms. The van der Waals surface area contributed by atoms with E-state index in [9.17, 15) is 4.79 Å². The molecule has 26 heavy (non-hydrogen) atoms. The van der Waals surface area contributed by atoms with Crippen molar-refractivity contribution in [1.82, 2.24) is 9.80 Å². The maximum Gasteiger partial charge on any atom is 0.323 e. The third kappa shape index (κ3) is 6.84. The van der Waals surface area contributed by atoms with Gasteiger partial charge in [-0.1, -0.05) is 34.6 Å². The molecule has 0 spiro atoms. The Bertz CT molecular complexity index is 456. The lowest BCUT2D eigenvalue weighted by atomic mass is 9.79. The van der Waals surface area contributed by atoms with Crippen LogP contribution in [0.15, 0.2) is 0 Å². The lowest BCUT2D eigenvalue weighted by Crippen LogP contribution is -2.39. The second-order valence-corrected chi connectivity index (χ2v) is 10.6. The zero-order valence-electron chi connectivity index (χ0n) is 18.1. The molecule has 2 aliphatic rings. The molecule has 152 valence electrons. The SMILES string of the molecule is COC(=O)C1CCCN1CCC(C)(C)CC1CCN(CCC(C)(C)C)C1. The zero-order valence-corrected chi connectivity index (χ0v) is 18.1. The first-order valence-corrected chi connectivity index (χ1v) is 10.6. The van der Waals surface area contributed by atoms with Crippen LogP contribution < -0.4 is 0 Å². The van der Waals surface area contributed by atoms with E-state index in [-0.39, 0.29) is 12.0 Å². The maximum atomic E-state index is 11.9. The standard InChI is InChI=1S/C22H42N2O2/c1-21(2,3)10-14-23-13-9-18(17-23)16-22(4,5)11-15-24-12-7-8-19(24)20(25)26-6/h18-19H,7-17H2,1-6H3. The van der Waals surface area contributed by atoms with Crippen molar-refractivity contribution in [3.8, 4) is 0 Å². The van der Waals surface area contributed by atoms with E-state index < -0.39 is 0 Å². The highest BCUT2D eigenvalue weighted by atomic mass is 16.5. The van der Waals surface area contributed by atoms with Gasteiger partial charge in [-0.3, -0.25) is 9.69 Å². The molecule has 2 aliphatic heterocycles. The molecule has 2 heterocycles. The first-order valence-electron chi connectivity index (χ1n) is 10.6. The Morgan fingerprint density at radius 3 is 2.42 bits per heavy atom. The molecule has 2 saturated heterocycles. The van der Waals surface area contributed by atoms with E-state index >= 15 is 0 Å². The minimum absolute atomic E-state index is 0.00447. The van der Waals surface area contributed by atoms with Crippen LogP contribution in [-0.2, 0) is 9.53 Å². The highest BCUT2D eigenvalue weighted by Gasteiger charge is 2.34. The Morgan fingerprint density at radius 2 is 1.77 bits per heavy atom. The summed E-state index contributed by atoms with van der Waals surface area (Å²) in [7, 11) is 1.51. The number of likely N-dealkylation sites (tertiary alicyclic amines) is 2. The number of hydrogen-bond acceptors (Lipinski definition) is 4. The van der Waals surface area contributed by atoms with Crippen molar-refractivity contribution in [2.24, 2.45) is 16.7 Å². The third-order valence-electron chi connectivity index (χ3n) is 6.30. The van der Waals surface area contributed by atoms with Crippen LogP contribution in [0.3, 0.4) is 0 Å². The van der Waals surface area contributed by atoms with Gasteiger partial charge in [0.2, 0.25) is 0 Å². The van der Waals surface area contributed by atoms with Crippen molar-refractivity contribution in [2.75, 3.05) is 39.8 Å². The van der Waals surface area contributed by atoms with E-state index in [1.54, 1.807) is 0 Å². The lowest BCUT2D eigenvalue weighted by Gasteiger charge is -2.31. The topological polar surface area (TPSA) is 32.8 Å². The van der Waals surface area contributed by atoms with E-state index in [1.165, 1.54) is 52.4 Å². The van der Waals surface area contributed by atoms with Crippen molar-refractivity contribution in [2.45, 2.75) is 79.2 Å². The molecule has 2 unspecified atom stereocenters. The fourth-order valence-corrected chi connectivity index (χ4v) is 4.60. The predicted molar refractivity (Wildman–Crippen MR) is 108 cm³/mol. The molecular weight excluding hydrogens is 324 g/mol. The summed E-state index contributed by atoms with van der Waals surface area (Å²) in [5.41, 5.74) is 0.775. The fraction of sp³-hybridized carbons (Fsp3) is 0.955. The summed E-state index contributed by atoms with van der Waals surface area (Å²) in [6.07, 6.45) is 7.17. The number of methoxy groups -OCH3 is 1. The number of ether oxygens (including phenoxy) is 1. The molecule has 2 atom stereocenters. The fourth-order valence-electron chi connectivity index (χ4n) is 4.60. The molecule has 2 rings (SSSR count). The molecule has 4 nitrogen and oxygen atoms in total. The minimum Gasteiger partial charge on any atom is -0.468 e. The van der Waals surface area contributed by atoms with Crippen molar-refractivity contribution >= 4 is 5.97 Å². The normalized spacial score (nSPS) is 25.8. The zero-order chi connectivity index (χ0) is 19.4. The molecule has 0 amide bonds. The molecule has 0 aromatic heterocycles. The van der Waals surface area contributed by atoms with Crippen LogP contribution in [0.1, 0.15) is 73.1 Å². The number of hydrogen-bond donors (Lipinski definition) is 0. The monoisotopic (exact) mass is 366 g/mol. The molecular formula is C22H42N2O2. The van der Waals surface area contributed by atoms with Gasteiger partial charge in [0.05, 0.1) is 7.11 Å². The summed E-state index contributed by atoms with van der Waals surface area (Å²) >= 11 is 0. The third-order valence-corrected chi connectivity index (χ3v) is 6.30. The highest BCUT2D eigenvalue weighted by molar-refractivity contribution is 5.75. The van der Waals surface area contributed by atoms with Crippen LogP contribution >= 0.6 is 0 Å². The van der Waals surface area contributed by atoms with Gasteiger partial charge < -0.3 is 9.64 Å². The molecule has 0 aromatic rings. The average molecular weight is 367 g/mol. The first kappa shape index (κ1) is 21.7. The van der Waals surface area contributed by atoms with Gasteiger partial charge in [-0.15, -0.1) is 0 Å². The molecule has 0 aliphatic carbocycles. The van der Waals surface area contributed by atoms with Crippen LogP contribution in [0.4, 0.5) is 0 Å². The van der Waals surface area contributed by atoms with Crippen LogP contribution in [0, 0.1) is 16.7 Å². The van der Waals surface area contributed by atoms with Gasteiger partial charge in [0.1, 0.15) is 6.04 Å². The van der Waals surface area contributed by atoms with Gasteiger partial charge in [0.15, 0.2) is 0 Å². The van der Waals surface area contributed by atoms with E-state index in [1.807, 2.05) is 0 Å². The minimum atomic E-state index is -0.0504. The van der Waals surface area contributed by atoms with E-state index in [4.69, 9.17) is 4.74 Å². The first-order chi connectivity index (χ1) is 12.1. The number of carbonyl (C=O) groups excluding carboxylic acids is 1. The van der Waals surface area contributed by atoms with Gasteiger partial charge in [-0.25, -0.2) is 0 Å². The van der Waals surface area contributed by atoms with Crippen LogP contribution in [0.2, 0.25) is 0 Å². The van der Waals surface area contributed by atoms with E-state index in [2.05, 4.69) is 44.4 Å². The molecule has 0 bridgehead atoms. The molecule has 0 radical (unpaired) electrons. The molecule has 2 fully saturated rings. The number of carbonyl (C=O) groups is 1. The number of nitrogens with zero attached hydrogens (tertiary/aromatic N) is 2. The van der Waals surface area contributed by atoms with Crippen molar-refractivity contribution in [1.29, 1.82) is 0 Å². The average Bonchev–Trinajstić information content (AvgIpc) is 3.18. The van der Waals surface area contributed by atoms with Gasteiger partial charge >= 0.3 is 5.97 Å². The van der Waals surface area contributed by atoms with Gasteiger partial charge in [-0.2, -0.15) is 0 Å². The summed E-state index contributed by atoms with van der Waals surface area (Å²) in [4.78, 5) is 16.9. The highest BCUT2D eigenvalue weighted by Crippen LogP contribution is 2.35. The Balaban J connectivity index is 1.74. The Kier molecular flexibility index (Phi) is 7.55. The predicted octanol–water partition coefficient (Wildman–Crippen LogP) is 4.19. The van der Waals surface area contributed by atoms with Gasteiger partial charge in [0, 0.05) is 6.54 Å². The largest absolute Gasteiger partial charge is 0.468 e. The summed E-state index contributed by atoms with van der Waals surface area (Å²) in [5.74, 6) is 0.783. The summed E-state index contributed by atoms with van der Waals surface area (Å²) < 4.78 is 4.98. The Hall–Kier alpha value is -0.610. The number of rotatable bonds is 8. The molecule has 0 N–H and O–H groups in total. The van der Waals surface area contributed by atoms with Crippen LogP contribution in [0.25, 0.3) is 0 Å². The quantitative estimate of drug-likeness (QED) is 0.603. The van der Waals surface area contributed by atoms with Gasteiger partial charge in [0.25, 0.3) is 0 Å². The molecule has 0 aromatic carbocycles. The van der Waals surface area contributed by atoms with Crippen molar-refractivity contribution < 1.29 is 9.53 Å². The second kappa shape index (κ2) is 9.05. The Morgan fingerprint density at radius 1 is 1.04 bits per heavy atom. The molecule has 0 saturated carbocycles. The number of esters is 1. The van der Waals surface area contributed by atoms with Crippen LogP contribution in [-0.4, -0.2) is 61.6 Å². The van der Waals surface area contributed by atoms with E-state index in [0.29, 0.717) is 10.8 Å². The van der Waals surface area contributed by atoms with Gasteiger partial charge in [-0.05, 0) is 81.5 Å². The van der Waals surface area contributed by atoms with E-state index in [0.717, 1.165) is 31.8 Å². The summed E-state index contributed by atoms with van der Waals surface area (Å²) in [6.45, 7) is 17.7. The Labute approximate surface area is 161 Å². The lowest BCUT2D eigenvalue weighted by molar-refractivity contribution is -0.145. The van der Waals surface area contributed by atoms with Crippen molar-refractivity contribution in [3.05, 3.63) is 0 Å². The van der Waals surface area contributed by atoms with Crippen molar-refractivity contribution in [3.63, 3.8) is 0 Å². The van der Waals surface area contributed by atoms with Crippen LogP contribution in [0.5, 0.6) is 0 Å². The second-order valence-electron chi connectivity index (χ2n) is 10.6.